The number of Topliss-reactive ketones (excluding diaryl/α,β-unsaturated/α-hetero) is 1. The lowest BCUT2D eigenvalue weighted by atomic mass is 10.0. The van der Waals surface area contributed by atoms with Crippen LogP contribution in [0.4, 0.5) is 0 Å². The second kappa shape index (κ2) is 5.77. The van der Waals surface area contributed by atoms with E-state index in [0.29, 0.717) is 0 Å². The van der Waals surface area contributed by atoms with Crippen molar-refractivity contribution in [2.75, 3.05) is 14.2 Å². The molecule has 1 aromatic heterocycles. The third-order valence-electron chi connectivity index (χ3n) is 3.27. The van der Waals surface area contributed by atoms with Crippen LogP contribution in [0.3, 0.4) is 0 Å². The molecule has 1 aromatic carbocycles. The molecule has 2 aromatic rings. The Morgan fingerprint density at radius 3 is 2.65 bits per heavy atom. The number of carbonyl (C=O) groups excluding carboxylic acids is 2. The third-order valence-corrected chi connectivity index (χ3v) is 3.27. The highest BCUT2D eigenvalue weighted by Crippen LogP contribution is 2.27. The van der Waals surface area contributed by atoms with Gasteiger partial charge in [0.05, 0.1) is 14.2 Å². The van der Waals surface area contributed by atoms with E-state index in [4.69, 9.17) is 4.74 Å². The average molecular weight is 275 g/mol. The fourth-order valence-corrected chi connectivity index (χ4v) is 2.21. The van der Waals surface area contributed by atoms with Gasteiger partial charge in [0.2, 0.25) is 0 Å². The van der Waals surface area contributed by atoms with Crippen molar-refractivity contribution in [3.05, 3.63) is 29.5 Å². The molecule has 0 fully saturated rings. The van der Waals surface area contributed by atoms with E-state index in [1.54, 1.807) is 7.11 Å². The van der Waals surface area contributed by atoms with Crippen molar-refractivity contribution in [2.45, 2.75) is 19.8 Å². The molecule has 0 aliphatic heterocycles. The maximum absolute atomic E-state index is 11.9. The quantitative estimate of drug-likeness (QED) is 0.670. The predicted molar refractivity (Wildman–Crippen MR) is 74.9 cm³/mol. The van der Waals surface area contributed by atoms with Gasteiger partial charge in [-0.3, -0.25) is 9.59 Å². The minimum absolute atomic E-state index is 0.163. The second-order valence-corrected chi connectivity index (χ2v) is 4.61. The summed E-state index contributed by atoms with van der Waals surface area (Å²) in [4.78, 5) is 26.2. The average Bonchev–Trinajstić information content (AvgIpc) is 2.74. The highest BCUT2D eigenvalue weighted by Gasteiger charge is 2.15. The molecule has 0 radical (unpaired) electrons. The Balaban J connectivity index is 2.31. The molecule has 0 aliphatic carbocycles. The Morgan fingerprint density at radius 1 is 1.25 bits per heavy atom. The van der Waals surface area contributed by atoms with Gasteiger partial charge in [-0.15, -0.1) is 0 Å². The van der Waals surface area contributed by atoms with E-state index in [9.17, 15) is 9.59 Å². The van der Waals surface area contributed by atoms with Crippen LogP contribution in [0.1, 0.15) is 17.7 Å². The Bertz CT molecular complexity index is 657. The van der Waals surface area contributed by atoms with Crippen molar-refractivity contribution in [2.24, 2.45) is 0 Å². The van der Waals surface area contributed by atoms with Crippen molar-refractivity contribution in [3.63, 3.8) is 0 Å². The molecular weight excluding hydrogens is 258 g/mol. The van der Waals surface area contributed by atoms with Gasteiger partial charge >= 0.3 is 5.97 Å². The van der Waals surface area contributed by atoms with Crippen LogP contribution in [0.25, 0.3) is 10.9 Å². The molecule has 1 heterocycles. The number of esters is 1. The van der Waals surface area contributed by atoms with E-state index < -0.39 is 5.97 Å². The number of rotatable bonds is 5. The summed E-state index contributed by atoms with van der Waals surface area (Å²) < 4.78 is 9.71. The molecule has 5 nitrogen and oxygen atoms in total. The number of aromatic amines is 1. The molecule has 0 atom stereocenters. The molecule has 106 valence electrons. The monoisotopic (exact) mass is 275 g/mol. The smallest absolute Gasteiger partial charge is 0.313 e. The van der Waals surface area contributed by atoms with Crippen molar-refractivity contribution < 1.29 is 19.1 Å². The minimum Gasteiger partial charge on any atom is -0.497 e. The van der Waals surface area contributed by atoms with Gasteiger partial charge in [0, 0.05) is 23.0 Å². The highest BCUT2D eigenvalue weighted by molar-refractivity contribution is 5.99. The maximum Gasteiger partial charge on any atom is 0.313 e. The van der Waals surface area contributed by atoms with E-state index in [1.165, 1.54) is 7.11 Å². The Kier molecular flexibility index (Phi) is 4.08. The molecule has 0 spiro atoms. The van der Waals surface area contributed by atoms with Gasteiger partial charge in [-0.25, -0.2) is 0 Å². The lowest BCUT2D eigenvalue weighted by Crippen LogP contribution is -2.11. The molecule has 1 N–H and O–H groups in total. The number of ether oxygens (including phenoxy) is 2. The molecule has 0 aliphatic rings. The number of H-pyrrole nitrogens is 1. The van der Waals surface area contributed by atoms with Crippen molar-refractivity contribution >= 4 is 22.7 Å². The topological polar surface area (TPSA) is 68.4 Å². The zero-order valence-electron chi connectivity index (χ0n) is 11.8. The van der Waals surface area contributed by atoms with Crippen LogP contribution in [-0.2, 0) is 20.7 Å². The number of carbonyl (C=O) groups is 2. The normalized spacial score (nSPS) is 10.6. The van der Waals surface area contributed by atoms with Gasteiger partial charge in [0.25, 0.3) is 0 Å². The molecule has 0 saturated heterocycles. The fourth-order valence-electron chi connectivity index (χ4n) is 2.21. The standard InChI is InChI=1S/C15H17NO4/c1-9-12(6-10(17)7-15(18)20-3)13-8-11(19-2)4-5-14(13)16-9/h4-5,8,16H,6-7H2,1-3H3. The van der Waals surface area contributed by atoms with Gasteiger partial charge in [-0.05, 0) is 30.7 Å². The molecule has 5 heteroatoms. The van der Waals surface area contributed by atoms with Gasteiger partial charge in [-0.1, -0.05) is 0 Å². The first-order valence-corrected chi connectivity index (χ1v) is 6.29. The molecule has 0 amide bonds. The summed E-state index contributed by atoms with van der Waals surface area (Å²) in [6, 6.07) is 5.66. The zero-order chi connectivity index (χ0) is 14.7. The van der Waals surface area contributed by atoms with E-state index in [2.05, 4.69) is 9.72 Å². The molecule has 0 saturated carbocycles. The Labute approximate surface area is 116 Å². The van der Waals surface area contributed by atoms with Crippen molar-refractivity contribution in [1.82, 2.24) is 4.98 Å². The predicted octanol–water partition coefficient (Wildman–Crippen LogP) is 2.16. The molecule has 0 bridgehead atoms. The van der Waals surface area contributed by atoms with Crippen molar-refractivity contribution in [3.8, 4) is 5.75 Å². The number of ketones is 1. The minimum atomic E-state index is -0.509. The van der Waals surface area contributed by atoms with Gasteiger partial charge in [0.1, 0.15) is 18.0 Å². The van der Waals surface area contributed by atoms with Crippen LogP contribution in [0, 0.1) is 6.92 Å². The van der Waals surface area contributed by atoms with Crippen LogP contribution in [0.15, 0.2) is 18.2 Å². The van der Waals surface area contributed by atoms with Crippen molar-refractivity contribution in [1.29, 1.82) is 0 Å². The van der Waals surface area contributed by atoms with Gasteiger partial charge < -0.3 is 14.5 Å². The van der Waals surface area contributed by atoms with Crippen LogP contribution >= 0.6 is 0 Å². The van der Waals surface area contributed by atoms with Gasteiger partial charge in [-0.2, -0.15) is 0 Å². The lowest BCUT2D eigenvalue weighted by molar-refractivity contribution is -0.143. The third kappa shape index (κ3) is 2.82. The summed E-state index contributed by atoms with van der Waals surface area (Å²) in [5.74, 6) is 0.0620. The van der Waals surface area contributed by atoms with E-state index in [1.807, 2.05) is 25.1 Å². The number of aromatic nitrogens is 1. The largest absolute Gasteiger partial charge is 0.497 e. The molecule has 20 heavy (non-hydrogen) atoms. The Morgan fingerprint density at radius 2 is 2.00 bits per heavy atom. The number of aryl methyl sites for hydroxylation is 1. The molecular formula is C15H17NO4. The molecule has 2 rings (SSSR count). The van der Waals surface area contributed by atoms with Crippen LogP contribution < -0.4 is 4.74 Å². The first-order chi connectivity index (χ1) is 9.55. The molecule has 0 unspecified atom stereocenters. The Hall–Kier alpha value is -2.30. The van der Waals surface area contributed by atoms with Crippen LogP contribution in [-0.4, -0.2) is 31.0 Å². The summed E-state index contributed by atoms with van der Waals surface area (Å²) in [5, 5.41) is 0.945. The maximum atomic E-state index is 11.9. The van der Waals surface area contributed by atoms with E-state index in [0.717, 1.165) is 27.9 Å². The van der Waals surface area contributed by atoms with E-state index in [-0.39, 0.29) is 18.6 Å². The number of hydrogen-bond donors (Lipinski definition) is 1. The van der Waals surface area contributed by atoms with E-state index >= 15 is 0 Å². The summed E-state index contributed by atoms with van der Waals surface area (Å²) in [7, 11) is 2.88. The number of benzene rings is 1. The lowest BCUT2D eigenvalue weighted by Gasteiger charge is -2.03. The zero-order valence-corrected chi connectivity index (χ0v) is 11.8. The number of fused-ring (bicyclic) bond motifs is 1. The highest BCUT2D eigenvalue weighted by atomic mass is 16.5. The number of methoxy groups -OCH3 is 2. The first-order valence-electron chi connectivity index (χ1n) is 6.29. The van der Waals surface area contributed by atoms with Gasteiger partial charge in [0.15, 0.2) is 0 Å². The summed E-state index contributed by atoms with van der Waals surface area (Å²) in [5.41, 5.74) is 2.77. The summed E-state index contributed by atoms with van der Waals surface area (Å²) >= 11 is 0. The summed E-state index contributed by atoms with van der Waals surface area (Å²) in [6.07, 6.45) is 0.000677. The second-order valence-electron chi connectivity index (χ2n) is 4.61. The SMILES string of the molecule is COC(=O)CC(=O)Cc1c(C)[nH]c2ccc(OC)cc12. The number of hydrogen-bond acceptors (Lipinski definition) is 4. The summed E-state index contributed by atoms with van der Waals surface area (Å²) in [6.45, 7) is 1.91. The van der Waals surface area contributed by atoms with Crippen LogP contribution in [0.5, 0.6) is 5.75 Å². The first kappa shape index (κ1) is 14.1. The fraction of sp³-hybridized carbons (Fsp3) is 0.333. The number of nitrogens with one attached hydrogen (secondary N) is 1. The van der Waals surface area contributed by atoms with Crippen LogP contribution in [0.2, 0.25) is 0 Å².